The number of nitrogens with zero attached hydrogens (tertiary/aromatic N) is 3. The van der Waals surface area contributed by atoms with E-state index >= 15 is 0 Å². The summed E-state index contributed by atoms with van der Waals surface area (Å²) in [5, 5.41) is 15.5. The molecule has 3 rings (SSSR count). The lowest BCUT2D eigenvalue weighted by molar-refractivity contribution is 0.0955. The van der Waals surface area contributed by atoms with Crippen LogP contribution in [0.15, 0.2) is 41.1 Å². The quantitative estimate of drug-likeness (QED) is 0.580. The number of aliphatic hydroxyl groups excluding tert-OH is 1. The summed E-state index contributed by atoms with van der Waals surface area (Å²) in [6.45, 7) is 3.03. The van der Waals surface area contributed by atoms with E-state index in [4.69, 9.17) is 0 Å². The Balaban J connectivity index is 1.47. The van der Waals surface area contributed by atoms with Crippen LogP contribution in [0.2, 0.25) is 0 Å². The van der Waals surface area contributed by atoms with Crippen molar-refractivity contribution < 1.29 is 9.90 Å². The minimum Gasteiger partial charge on any atom is -0.396 e. The first-order valence-electron chi connectivity index (χ1n) is 9.11. The Kier molecular flexibility index (Phi) is 7.00. The van der Waals surface area contributed by atoms with Crippen molar-refractivity contribution in [2.75, 3.05) is 43.0 Å². The van der Waals surface area contributed by atoms with Crippen molar-refractivity contribution in [2.24, 2.45) is 5.92 Å². The zero-order valence-corrected chi connectivity index (χ0v) is 16.7. The van der Waals surface area contributed by atoms with Gasteiger partial charge in [0.1, 0.15) is 18.0 Å². The topological polar surface area (TPSA) is 90.4 Å². The molecule has 1 amide bonds. The second kappa shape index (κ2) is 9.66. The van der Waals surface area contributed by atoms with Crippen molar-refractivity contribution in [3.63, 3.8) is 0 Å². The molecule has 1 aliphatic heterocycles. The van der Waals surface area contributed by atoms with Crippen LogP contribution in [0.5, 0.6) is 0 Å². The third-order valence-electron chi connectivity index (χ3n) is 4.58. The van der Waals surface area contributed by atoms with E-state index in [1.165, 1.54) is 0 Å². The van der Waals surface area contributed by atoms with Crippen molar-refractivity contribution in [1.29, 1.82) is 0 Å². The van der Waals surface area contributed by atoms with E-state index in [-0.39, 0.29) is 12.5 Å². The number of rotatable bonds is 7. The van der Waals surface area contributed by atoms with Crippen LogP contribution in [0.25, 0.3) is 0 Å². The van der Waals surface area contributed by atoms with Gasteiger partial charge in [0.05, 0.1) is 0 Å². The van der Waals surface area contributed by atoms with Gasteiger partial charge in [-0.2, -0.15) is 0 Å². The molecule has 2 heterocycles. The smallest absolute Gasteiger partial charge is 0.251 e. The molecule has 0 radical (unpaired) electrons. The minimum absolute atomic E-state index is 0.101. The Morgan fingerprint density at radius 1 is 1.26 bits per heavy atom. The van der Waals surface area contributed by atoms with Crippen LogP contribution in [-0.4, -0.2) is 53.8 Å². The molecule has 7 nitrogen and oxygen atoms in total. The molecule has 1 atom stereocenters. The third-order valence-corrected chi connectivity index (χ3v) is 5.11. The fourth-order valence-electron chi connectivity index (χ4n) is 3.11. The standard InChI is InChI=1S/C19H24BrN5O2/c20-16-5-3-15(4-6-16)19(27)22-8-7-21-17-10-18(24-13-23-17)25-9-1-2-14(11-25)12-26/h3-6,10,13-14,26H,1-2,7-9,11-12H2,(H,22,27)(H,21,23,24). The number of carbonyl (C=O) groups is 1. The summed E-state index contributed by atoms with van der Waals surface area (Å²) < 4.78 is 0.944. The van der Waals surface area contributed by atoms with Crippen LogP contribution < -0.4 is 15.5 Å². The maximum atomic E-state index is 12.1. The van der Waals surface area contributed by atoms with Crippen molar-refractivity contribution in [2.45, 2.75) is 12.8 Å². The lowest BCUT2D eigenvalue weighted by Gasteiger charge is -2.32. The van der Waals surface area contributed by atoms with E-state index in [1.54, 1.807) is 18.5 Å². The van der Waals surface area contributed by atoms with Crippen LogP contribution in [0.3, 0.4) is 0 Å². The first-order chi connectivity index (χ1) is 13.2. The van der Waals surface area contributed by atoms with E-state index < -0.39 is 0 Å². The second-order valence-electron chi connectivity index (χ2n) is 6.59. The molecular formula is C19H24BrN5O2. The number of hydrogen-bond donors (Lipinski definition) is 3. The van der Waals surface area contributed by atoms with Gasteiger partial charge in [0.2, 0.25) is 0 Å². The Hall–Kier alpha value is -2.19. The molecule has 0 bridgehead atoms. The van der Waals surface area contributed by atoms with Gasteiger partial charge >= 0.3 is 0 Å². The van der Waals surface area contributed by atoms with Crippen molar-refractivity contribution >= 4 is 33.5 Å². The number of halogens is 1. The maximum absolute atomic E-state index is 12.1. The molecule has 2 aromatic rings. The highest BCUT2D eigenvalue weighted by Crippen LogP contribution is 2.22. The zero-order chi connectivity index (χ0) is 19.1. The Labute approximate surface area is 167 Å². The number of piperidine rings is 1. The van der Waals surface area contributed by atoms with E-state index in [9.17, 15) is 9.90 Å². The first kappa shape index (κ1) is 19.6. The maximum Gasteiger partial charge on any atom is 0.251 e. The predicted octanol–water partition coefficient (Wildman–Crippen LogP) is 2.29. The molecule has 0 aliphatic carbocycles. The highest BCUT2D eigenvalue weighted by atomic mass is 79.9. The number of hydrogen-bond acceptors (Lipinski definition) is 6. The average molecular weight is 434 g/mol. The van der Waals surface area contributed by atoms with Crippen LogP contribution in [-0.2, 0) is 0 Å². The summed E-state index contributed by atoms with van der Waals surface area (Å²) >= 11 is 3.36. The van der Waals surface area contributed by atoms with Crippen molar-refractivity contribution in [1.82, 2.24) is 15.3 Å². The van der Waals surface area contributed by atoms with Gasteiger partial charge in [-0.3, -0.25) is 4.79 Å². The van der Waals surface area contributed by atoms with Gasteiger partial charge in [0.25, 0.3) is 5.91 Å². The summed E-state index contributed by atoms with van der Waals surface area (Å²) in [4.78, 5) is 22.9. The molecular weight excluding hydrogens is 410 g/mol. The van der Waals surface area contributed by atoms with E-state index in [1.807, 2.05) is 18.2 Å². The van der Waals surface area contributed by atoms with E-state index in [0.717, 1.165) is 42.0 Å². The van der Waals surface area contributed by atoms with Crippen molar-refractivity contribution in [3.05, 3.63) is 46.7 Å². The van der Waals surface area contributed by atoms with Gasteiger partial charge in [-0.05, 0) is 43.0 Å². The van der Waals surface area contributed by atoms with Gasteiger partial charge in [-0.25, -0.2) is 9.97 Å². The Bertz CT molecular complexity index is 756. The first-order valence-corrected chi connectivity index (χ1v) is 9.90. The predicted molar refractivity (Wildman–Crippen MR) is 109 cm³/mol. The molecule has 1 unspecified atom stereocenters. The molecule has 1 saturated heterocycles. The number of carbonyl (C=O) groups excluding carboxylic acids is 1. The molecule has 0 saturated carbocycles. The molecule has 8 heteroatoms. The number of aromatic nitrogens is 2. The van der Waals surface area contributed by atoms with Gasteiger partial charge < -0.3 is 20.6 Å². The monoisotopic (exact) mass is 433 g/mol. The Morgan fingerprint density at radius 2 is 2.07 bits per heavy atom. The van der Waals surface area contributed by atoms with Gasteiger partial charge in [-0.15, -0.1) is 0 Å². The Morgan fingerprint density at radius 3 is 2.85 bits per heavy atom. The number of amides is 1. The average Bonchev–Trinajstić information content (AvgIpc) is 2.72. The lowest BCUT2D eigenvalue weighted by Crippen LogP contribution is -2.37. The fourth-order valence-corrected chi connectivity index (χ4v) is 3.37. The molecule has 1 aromatic heterocycles. The van der Waals surface area contributed by atoms with Crippen molar-refractivity contribution in [3.8, 4) is 0 Å². The molecule has 0 spiro atoms. The normalized spacial score (nSPS) is 16.8. The number of benzene rings is 1. The van der Waals surface area contributed by atoms with E-state index in [0.29, 0.717) is 24.6 Å². The van der Waals surface area contributed by atoms with Crippen LogP contribution >= 0.6 is 15.9 Å². The fraction of sp³-hybridized carbons (Fsp3) is 0.421. The lowest BCUT2D eigenvalue weighted by atomic mass is 9.99. The third kappa shape index (κ3) is 5.64. The summed E-state index contributed by atoms with van der Waals surface area (Å²) in [6, 6.07) is 9.16. The molecule has 1 aromatic carbocycles. The van der Waals surface area contributed by atoms with Gasteiger partial charge in [0.15, 0.2) is 0 Å². The summed E-state index contributed by atoms with van der Waals surface area (Å²) in [5.41, 5.74) is 0.631. The number of nitrogens with one attached hydrogen (secondary N) is 2. The summed E-state index contributed by atoms with van der Waals surface area (Å²) in [5.74, 6) is 1.79. The molecule has 1 fully saturated rings. The molecule has 27 heavy (non-hydrogen) atoms. The molecule has 144 valence electrons. The van der Waals surface area contributed by atoms with Crippen LogP contribution in [0.1, 0.15) is 23.2 Å². The SMILES string of the molecule is O=C(NCCNc1cc(N2CCCC(CO)C2)ncn1)c1ccc(Br)cc1. The summed E-state index contributed by atoms with van der Waals surface area (Å²) in [6.07, 6.45) is 3.65. The van der Waals surface area contributed by atoms with Crippen LogP contribution in [0, 0.1) is 5.92 Å². The number of aliphatic hydroxyl groups is 1. The number of anilines is 2. The van der Waals surface area contributed by atoms with Gasteiger partial charge in [-0.1, -0.05) is 15.9 Å². The highest BCUT2D eigenvalue weighted by Gasteiger charge is 2.20. The van der Waals surface area contributed by atoms with E-state index in [2.05, 4.69) is 41.4 Å². The molecule has 1 aliphatic rings. The minimum atomic E-state index is -0.101. The second-order valence-corrected chi connectivity index (χ2v) is 7.50. The van der Waals surface area contributed by atoms with Crippen LogP contribution in [0.4, 0.5) is 11.6 Å². The zero-order valence-electron chi connectivity index (χ0n) is 15.1. The largest absolute Gasteiger partial charge is 0.396 e. The van der Waals surface area contributed by atoms with Gasteiger partial charge in [0, 0.05) is 48.9 Å². The highest BCUT2D eigenvalue weighted by molar-refractivity contribution is 9.10. The molecule has 3 N–H and O–H groups in total. The summed E-state index contributed by atoms with van der Waals surface area (Å²) in [7, 11) is 0.